The molecule has 0 saturated carbocycles. The van der Waals surface area contributed by atoms with Crippen molar-refractivity contribution in [2.24, 2.45) is 28.9 Å². The quantitative estimate of drug-likeness (QED) is 0.0284. The van der Waals surface area contributed by atoms with Gasteiger partial charge in [0, 0.05) is 113 Å². The maximum atomic E-state index is 15.7. The fourth-order valence-electron chi connectivity index (χ4n) is 16.6. The number of para-hydroxylation sites is 1. The third kappa shape index (κ3) is 27.2. The highest BCUT2D eigenvalue weighted by atomic mass is 32.2. The number of imidazole rings is 1. The first-order valence-electron chi connectivity index (χ1n) is 44.4. The number of aliphatic hydroxyl groups excluding tert-OH is 2. The fourth-order valence-corrected chi connectivity index (χ4v) is 17.5. The number of phenolic OH excluding ortho intramolecular Hbond substituents is 1. The molecule has 44 nitrogen and oxygen atoms in total. The first kappa shape index (κ1) is 102. The van der Waals surface area contributed by atoms with E-state index >= 15 is 33.6 Å². The lowest BCUT2D eigenvalue weighted by atomic mass is 9.90. The topological polar surface area (TPSA) is 664 Å². The Balaban J connectivity index is 1.02. The summed E-state index contributed by atoms with van der Waals surface area (Å²) in [4.78, 5) is 261. The molecule has 2 saturated heterocycles. The number of tetrazole rings is 1. The Morgan fingerprint density at radius 2 is 1.24 bits per heavy atom. The van der Waals surface area contributed by atoms with E-state index in [4.69, 9.17) is 22.9 Å². The molecule has 0 aliphatic carbocycles. The summed E-state index contributed by atoms with van der Waals surface area (Å²) in [6.07, 6.45) is 0.698. The Hall–Kier alpha value is -13.8. The number of carbonyl (C=O) groups excluding carboxylic acids is 17. The number of nitrogens with zero attached hydrogens (tertiary/aromatic N) is 9. The van der Waals surface area contributed by atoms with Gasteiger partial charge in [-0.05, 0) is 102 Å². The van der Waals surface area contributed by atoms with E-state index in [9.17, 15) is 63.3 Å². The molecule has 0 radical (unpaired) electrons. The SMILES string of the molecule is CCCC[C@H]1C(=O)N[C@@H](CN)C(=O)N[C@H](C(=O)NCC(N)=O)CSCC(=O)N[C@@H](Cc2ccc(O)cc2)C(=O)N(C)[C@@H](C)C(=O)N[C@@H](CC(N)=O)C(=O)N2CCC[C@H]2C(=O)N[C@@H](Cc2cnc[nH]2)C(=O)N[C@@H](CCC(N)=O)C(=O)N2C[C@H](O)C[C@H]2C(=O)C[C@@H](Cc2c[nH]c3ccccc23)C(=O)N[C@@H](CO)C(=O)N[C@@H](Cc2cccc3ccccc23)c2nnnn2[C@@H](CCCC)C(=O)N1C. The monoisotopic (exact) mass is 1870 g/mol. The number of hydrogen-bond acceptors (Lipinski definition) is 26. The van der Waals surface area contributed by atoms with Gasteiger partial charge >= 0.3 is 0 Å². The number of aliphatic hydroxyl groups is 2. The van der Waals surface area contributed by atoms with Crippen LogP contribution in [0.1, 0.15) is 145 Å². The number of amides is 16. The Morgan fingerprint density at radius 1 is 0.590 bits per heavy atom. The second-order valence-electron chi connectivity index (χ2n) is 33.7. The van der Waals surface area contributed by atoms with Crippen LogP contribution in [0.4, 0.5) is 0 Å². The molecule has 3 aliphatic heterocycles. The molecule has 720 valence electrons. The van der Waals surface area contributed by atoms with Crippen molar-refractivity contribution in [3.63, 3.8) is 0 Å². The van der Waals surface area contributed by atoms with Gasteiger partial charge in [-0.1, -0.05) is 112 Å². The summed E-state index contributed by atoms with van der Waals surface area (Å²) in [5.74, 6) is -18.9. The molecule has 10 rings (SSSR count). The van der Waals surface area contributed by atoms with Gasteiger partial charge in [0.15, 0.2) is 11.6 Å². The van der Waals surface area contributed by atoms with Gasteiger partial charge in [-0.2, -0.15) is 0 Å². The molecular formula is C89H118N24O20S. The molecule has 15 atom stereocenters. The van der Waals surface area contributed by atoms with Gasteiger partial charge in [0.1, 0.15) is 72.2 Å². The summed E-state index contributed by atoms with van der Waals surface area (Å²) in [7, 11) is 2.57. The van der Waals surface area contributed by atoms with Crippen LogP contribution in [0.25, 0.3) is 21.7 Å². The van der Waals surface area contributed by atoms with E-state index in [1.807, 2.05) is 38.1 Å². The number of ketones is 1. The summed E-state index contributed by atoms with van der Waals surface area (Å²) in [6, 6.07) is 5.08. The lowest BCUT2D eigenvalue weighted by molar-refractivity contribution is -0.145. The van der Waals surface area contributed by atoms with Crippen molar-refractivity contribution < 1.29 is 96.8 Å². The van der Waals surface area contributed by atoms with Gasteiger partial charge in [-0.25, -0.2) is 9.67 Å². The smallest absolute Gasteiger partial charge is 0.248 e. The van der Waals surface area contributed by atoms with Gasteiger partial charge in [-0.15, -0.1) is 16.9 Å². The highest BCUT2D eigenvalue weighted by Crippen LogP contribution is 2.32. The zero-order valence-corrected chi connectivity index (χ0v) is 75.9. The van der Waals surface area contributed by atoms with Crippen LogP contribution in [0.2, 0.25) is 0 Å². The van der Waals surface area contributed by atoms with Gasteiger partial charge in [0.05, 0.1) is 49.8 Å². The van der Waals surface area contributed by atoms with Crippen LogP contribution in [0, 0.1) is 5.92 Å². The average Bonchev–Trinajstić information content (AvgIpc) is 1.61. The Morgan fingerprint density at radius 3 is 1.93 bits per heavy atom. The number of carbonyl (C=O) groups is 17. The van der Waals surface area contributed by atoms with Crippen LogP contribution in [-0.2, 0) is 107 Å². The molecule has 134 heavy (non-hydrogen) atoms. The van der Waals surface area contributed by atoms with Crippen LogP contribution >= 0.6 is 11.8 Å². The number of rotatable bonds is 24. The minimum atomic E-state index is -1.82. The molecule has 4 aromatic carbocycles. The maximum Gasteiger partial charge on any atom is 0.248 e. The largest absolute Gasteiger partial charge is 0.508 e. The number of thioether (sulfide) groups is 1. The Kier molecular flexibility index (Phi) is 37.1. The number of aromatic amines is 2. The van der Waals surface area contributed by atoms with Crippen molar-refractivity contribution in [1.29, 1.82) is 0 Å². The first-order chi connectivity index (χ1) is 64.1. The number of nitrogens with one attached hydrogen (secondary N) is 11. The zero-order chi connectivity index (χ0) is 97.1. The maximum absolute atomic E-state index is 15.7. The van der Waals surface area contributed by atoms with Gasteiger partial charge in [0.25, 0.3) is 0 Å². The molecule has 22 N–H and O–H groups in total. The van der Waals surface area contributed by atoms with Crippen LogP contribution in [-0.4, -0.2) is 301 Å². The van der Waals surface area contributed by atoms with Crippen molar-refractivity contribution in [2.75, 3.05) is 58.4 Å². The number of fused-ring (bicyclic) bond motifs is 5. The van der Waals surface area contributed by atoms with Crippen LogP contribution in [0.15, 0.2) is 110 Å². The van der Waals surface area contributed by atoms with E-state index in [-0.39, 0.29) is 75.2 Å². The van der Waals surface area contributed by atoms with E-state index in [0.29, 0.717) is 53.3 Å². The van der Waals surface area contributed by atoms with Gasteiger partial charge < -0.3 is 116 Å². The molecule has 16 amide bonds. The molecule has 3 aliphatic rings. The predicted molar refractivity (Wildman–Crippen MR) is 485 cm³/mol. The molecule has 0 bridgehead atoms. The van der Waals surface area contributed by atoms with Crippen molar-refractivity contribution in [3.05, 3.63) is 138 Å². The molecule has 0 unspecified atom stereocenters. The number of aromatic nitrogens is 7. The lowest BCUT2D eigenvalue weighted by Gasteiger charge is -2.32. The number of unbranched alkanes of at least 4 members (excludes halogenated alkanes) is 2. The fraction of sp³-hybridized carbons (Fsp3) is 0.494. The van der Waals surface area contributed by atoms with E-state index < -0.39 is 261 Å². The average molecular weight is 1880 g/mol. The standard InChI is InChI=1S/C89H118N24O20S/c1-6-8-22-68-84(128)103-65(39-90)82(126)105-67(80(124)96-42-75(93)120)45-134-46-76(121)98-63(32-49-25-27-55(115)28-26-49)86(130)109(4)48(3)78(122)102-64(38-74(92)119)88(132)111-31-15-24-69(111)85(129)101-62(36-54-41-94-47-97-54)81(125)99-60(29-30-73(91)118)87(131)112-43-56(116)37-71(112)72(117)35-52(33-53-40-95-59-21-13-12-20-58(53)59)79(123)104-66(44-114)83(127)100-61(34-51-18-14-17-50-16-10-11-19-57(50)51)77-106-107-108-113(77)70(23-9-7-2)89(133)110(68)5/h10-14,16-21,25-28,40-41,47-48,52,56,60-71,95,114-116H,6-9,15,22-24,29-39,42-46,90H2,1-5H3,(H2,91,118)(H2,92,119)(H2,93,120)(H,94,97)(H,96,124)(H,98,121)(H,99,125)(H,100,127)(H,101,129)(H,102,122)(H,103,128)(H,104,123)(H,105,126)/t48-,52+,56+,60-,61-,62-,63-,64-,65-,66-,67-,68-,69-,70-,71-/m0/s1. The zero-order valence-electron chi connectivity index (χ0n) is 75.0. The Bertz CT molecular complexity index is 5380. The number of aromatic hydroxyl groups is 1. The van der Waals surface area contributed by atoms with Crippen molar-refractivity contribution >= 4 is 134 Å². The molecule has 2 fully saturated rings. The second kappa shape index (κ2) is 48.5. The third-order valence-electron chi connectivity index (χ3n) is 24.1. The lowest BCUT2D eigenvalue weighted by Crippen LogP contribution is -2.60. The third-order valence-corrected chi connectivity index (χ3v) is 25.1. The number of primary amides is 3. The number of H-pyrrole nitrogens is 2. The minimum Gasteiger partial charge on any atom is -0.508 e. The van der Waals surface area contributed by atoms with Gasteiger partial charge in [0.2, 0.25) is 94.5 Å². The molecule has 6 heterocycles. The molecular weight excluding hydrogens is 1760 g/mol. The van der Waals surface area contributed by atoms with E-state index in [0.717, 1.165) is 37.2 Å². The normalized spacial score (nSPS) is 24.7. The number of benzene rings is 4. The Labute approximate surface area is 774 Å². The van der Waals surface area contributed by atoms with Crippen molar-refractivity contribution in [2.45, 2.75) is 215 Å². The summed E-state index contributed by atoms with van der Waals surface area (Å²) < 4.78 is 1.22. The molecule has 0 spiro atoms. The predicted octanol–water partition coefficient (Wildman–Crippen LogP) is -3.18. The first-order valence-corrected chi connectivity index (χ1v) is 45.6. The van der Waals surface area contributed by atoms with E-state index in [1.165, 1.54) is 67.4 Å². The molecule has 45 heteroatoms. The summed E-state index contributed by atoms with van der Waals surface area (Å²) >= 11 is 0.758. The van der Waals surface area contributed by atoms with Crippen LogP contribution in [0.5, 0.6) is 5.75 Å². The van der Waals surface area contributed by atoms with Gasteiger partial charge in [-0.3, -0.25) is 81.5 Å². The second-order valence-corrected chi connectivity index (χ2v) is 34.8. The highest BCUT2D eigenvalue weighted by Gasteiger charge is 2.47. The minimum absolute atomic E-state index is 0.00138. The number of nitrogens with two attached hydrogens (primary N) is 4. The molecule has 3 aromatic heterocycles. The summed E-state index contributed by atoms with van der Waals surface area (Å²) in [5, 5.41) is 71.6. The number of hydrogen-bond donors (Lipinski definition) is 18. The van der Waals surface area contributed by atoms with E-state index in [1.54, 1.807) is 48.7 Å². The van der Waals surface area contributed by atoms with Crippen LogP contribution in [0.3, 0.4) is 0 Å². The van der Waals surface area contributed by atoms with Crippen LogP contribution < -0.4 is 70.8 Å². The number of phenols is 1. The molecule has 7 aromatic rings. The van der Waals surface area contributed by atoms with Crippen molar-refractivity contribution in [3.8, 4) is 5.75 Å². The summed E-state index contributed by atoms with van der Waals surface area (Å²) in [6.45, 7) is 1.91. The van der Waals surface area contributed by atoms with Crippen molar-refractivity contribution in [1.82, 2.24) is 103 Å². The number of Topliss-reactive ketones (excluding diaryl/α,β-unsaturated/α-hetero) is 1. The highest BCUT2D eigenvalue weighted by molar-refractivity contribution is 8.00. The number of likely N-dealkylation sites (N-methyl/N-ethyl adjacent to an activating group) is 2. The summed E-state index contributed by atoms with van der Waals surface area (Å²) in [5.41, 5.74) is 25.5. The van der Waals surface area contributed by atoms with E-state index in [2.05, 4.69) is 78.3 Å².